The number of nitrogens with one attached hydrogen (secondary N) is 1. The molecule has 12 nitrogen and oxygen atoms in total. The molecule has 2 amide bonds. The van der Waals surface area contributed by atoms with E-state index in [2.05, 4.69) is 40.0 Å². The van der Waals surface area contributed by atoms with Crippen molar-refractivity contribution >= 4 is 36.9 Å². The normalized spacial score (nSPS) is 22.5. The van der Waals surface area contributed by atoms with Gasteiger partial charge in [-0.1, -0.05) is 19.6 Å². The molecule has 2 aromatic heterocycles. The lowest BCUT2D eigenvalue weighted by molar-refractivity contribution is 0.0702. The van der Waals surface area contributed by atoms with Crippen LogP contribution in [0.5, 0.6) is 0 Å². The van der Waals surface area contributed by atoms with Crippen molar-refractivity contribution < 1.29 is 37.7 Å². The number of carboxylic acid groups (broad SMARTS) is 1. The maximum absolute atomic E-state index is 14.8. The lowest BCUT2D eigenvalue weighted by Crippen LogP contribution is -2.34. The number of rotatable bonds is 9. The number of amides is 2. The summed E-state index contributed by atoms with van der Waals surface area (Å²) in [4.78, 5) is 36.3. The lowest BCUT2D eigenvalue weighted by Gasteiger charge is -2.24. The number of carbonyl (C=O) groups excluding carboxylic acids is 1. The van der Waals surface area contributed by atoms with Gasteiger partial charge in [-0.2, -0.15) is 5.10 Å². The summed E-state index contributed by atoms with van der Waals surface area (Å²) >= 11 is 0. The molecular formula is C27H34F3N7O5Si. The molecule has 1 aromatic carbocycles. The Balaban J connectivity index is 1.53. The Hall–Kier alpha value is -3.76. The Morgan fingerprint density at radius 3 is 2.63 bits per heavy atom. The smallest absolute Gasteiger partial charge is 0.407 e. The van der Waals surface area contributed by atoms with Crippen molar-refractivity contribution in [2.75, 3.05) is 31.6 Å². The average molecular weight is 622 g/mol. The molecule has 5 rings (SSSR count). The van der Waals surface area contributed by atoms with Crippen LogP contribution in [0, 0.1) is 11.6 Å². The number of likely N-dealkylation sites (tertiary alicyclic amines) is 2. The molecule has 232 valence electrons. The fourth-order valence-corrected chi connectivity index (χ4v) is 6.11. The van der Waals surface area contributed by atoms with Gasteiger partial charge in [-0.15, -0.1) is 0 Å². The number of nitrogens with zero attached hydrogens (tertiary/aromatic N) is 6. The molecule has 0 unspecified atom stereocenters. The number of anilines is 1. The molecule has 2 aliphatic heterocycles. The number of carbonyl (C=O) groups is 2. The van der Waals surface area contributed by atoms with Crippen LogP contribution in [0.1, 0.15) is 28.5 Å². The van der Waals surface area contributed by atoms with Gasteiger partial charge in [0.15, 0.2) is 11.3 Å². The van der Waals surface area contributed by atoms with E-state index in [-0.39, 0.29) is 60.9 Å². The third-order valence-corrected chi connectivity index (χ3v) is 9.36. The fourth-order valence-electron chi connectivity index (χ4n) is 5.36. The molecule has 0 bridgehead atoms. The molecule has 43 heavy (non-hydrogen) atoms. The average Bonchev–Trinajstić information content (AvgIpc) is 3.62. The Labute approximate surface area is 246 Å². The number of hydrogen-bond donors (Lipinski definition) is 3. The standard InChI is InChI=1S/C27H34F3N7O5Si/c1-43(2,3)7-6-42-14-37-25-22(24(31-13-32-25)33-19-11-35(27(40)41)12-21(19)38)23(34-37)26(39)36-10-16(29)9-20(36)17-8-15(28)4-5-18(17)30/h4-5,8,13,16,19-21,38H,6-7,9-12,14H2,1-3H3,(H,40,41)(H,31,32,33)/t16-,19+,20+,21+/m0/s1. The van der Waals surface area contributed by atoms with Crippen LogP contribution in [0.2, 0.25) is 25.7 Å². The van der Waals surface area contributed by atoms with Gasteiger partial charge in [0, 0.05) is 33.2 Å². The number of fused-ring (bicyclic) bond motifs is 1. The summed E-state index contributed by atoms with van der Waals surface area (Å²) in [7, 11) is -1.40. The quantitative estimate of drug-likeness (QED) is 0.242. The topological polar surface area (TPSA) is 146 Å². The van der Waals surface area contributed by atoms with E-state index in [1.165, 1.54) is 11.0 Å². The summed E-state index contributed by atoms with van der Waals surface area (Å²) in [5, 5.41) is 27.5. The molecular weight excluding hydrogens is 587 g/mol. The van der Waals surface area contributed by atoms with Gasteiger partial charge in [0.2, 0.25) is 0 Å². The number of aliphatic hydroxyl groups is 1. The van der Waals surface area contributed by atoms with E-state index < -0.39 is 56.1 Å². The van der Waals surface area contributed by atoms with Gasteiger partial charge in [0.05, 0.1) is 36.7 Å². The minimum atomic E-state index is -1.49. The maximum Gasteiger partial charge on any atom is 0.407 e. The molecule has 16 heteroatoms. The third-order valence-electron chi connectivity index (χ3n) is 7.65. The first-order valence-corrected chi connectivity index (χ1v) is 17.6. The first kappa shape index (κ1) is 30.7. The van der Waals surface area contributed by atoms with Crippen molar-refractivity contribution in [3.8, 4) is 0 Å². The van der Waals surface area contributed by atoms with E-state index in [1.54, 1.807) is 0 Å². The first-order chi connectivity index (χ1) is 20.3. The maximum atomic E-state index is 14.8. The van der Waals surface area contributed by atoms with Gasteiger partial charge >= 0.3 is 6.09 Å². The van der Waals surface area contributed by atoms with Gasteiger partial charge in [-0.05, 0) is 24.2 Å². The molecule has 0 aliphatic carbocycles. The molecule has 0 saturated carbocycles. The highest BCUT2D eigenvalue weighted by Gasteiger charge is 2.41. The van der Waals surface area contributed by atoms with E-state index >= 15 is 0 Å². The number of ether oxygens (including phenoxy) is 1. The summed E-state index contributed by atoms with van der Waals surface area (Å²) in [6.07, 6.45) is -2.74. The van der Waals surface area contributed by atoms with Crippen molar-refractivity contribution in [3.05, 3.63) is 47.4 Å². The Morgan fingerprint density at radius 1 is 1.16 bits per heavy atom. The highest BCUT2D eigenvalue weighted by atomic mass is 28.3. The molecule has 4 atom stereocenters. The number of β-amino-alcohol motifs (C(OH)–C–C–N with tert-alkyl or cyclic N) is 1. The summed E-state index contributed by atoms with van der Waals surface area (Å²) < 4.78 is 50.8. The van der Waals surface area contributed by atoms with E-state index in [9.17, 15) is 33.0 Å². The number of alkyl halides is 1. The second-order valence-electron chi connectivity index (χ2n) is 12.1. The van der Waals surface area contributed by atoms with Crippen LogP contribution >= 0.6 is 0 Å². The molecule has 2 saturated heterocycles. The molecule has 0 radical (unpaired) electrons. The first-order valence-electron chi connectivity index (χ1n) is 13.9. The van der Waals surface area contributed by atoms with Crippen LogP contribution < -0.4 is 5.32 Å². The minimum Gasteiger partial charge on any atom is -0.465 e. The zero-order valence-corrected chi connectivity index (χ0v) is 25.0. The summed E-state index contributed by atoms with van der Waals surface area (Å²) in [5.41, 5.74) is -0.115. The van der Waals surface area contributed by atoms with Crippen LogP contribution in [0.4, 0.5) is 23.8 Å². The number of benzene rings is 1. The van der Waals surface area contributed by atoms with Gasteiger partial charge in [-0.25, -0.2) is 32.6 Å². The highest BCUT2D eigenvalue weighted by Crippen LogP contribution is 2.37. The molecule has 0 spiro atoms. The zero-order valence-electron chi connectivity index (χ0n) is 24.0. The number of halogens is 3. The summed E-state index contributed by atoms with van der Waals surface area (Å²) in [5.74, 6) is -2.14. The van der Waals surface area contributed by atoms with Gasteiger partial charge < -0.3 is 30.1 Å². The Morgan fingerprint density at radius 2 is 1.93 bits per heavy atom. The Kier molecular flexibility index (Phi) is 8.62. The Bertz CT molecular complexity index is 1520. The largest absolute Gasteiger partial charge is 0.465 e. The third kappa shape index (κ3) is 6.60. The van der Waals surface area contributed by atoms with Crippen molar-refractivity contribution in [2.45, 2.75) is 63.2 Å². The monoisotopic (exact) mass is 621 g/mol. The molecule has 4 heterocycles. The number of aliphatic hydroxyl groups excluding tert-OH is 1. The second kappa shape index (κ2) is 12.1. The van der Waals surface area contributed by atoms with Crippen LogP contribution in [-0.2, 0) is 11.5 Å². The van der Waals surface area contributed by atoms with Gasteiger partial charge in [-0.3, -0.25) is 4.79 Å². The van der Waals surface area contributed by atoms with Crippen LogP contribution in [0.25, 0.3) is 11.0 Å². The van der Waals surface area contributed by atoms with E-state index in [4.69, 9.17) is 4.74 Å². The molecule has 2 aliphatic rings. The van der Waals surface area contributed by atoms with Gasteiger partial charge in [0.1, 0.15) is 36.7 Å². The van der Waals surface area contributed by atoms with Gasteiger partial charge in [0.25, 0.3) is 5.91 Å². The highest BCUT2D eigenvalue weighted by molar-refractivity contribution is 6.76. The second-order valence-corrected chi connectivity index (χ2v) is 17.7. The minimum absolute atomic E-state index is 0.0458. The van der Waals surface area contributed by atoms with E-state index in [0.29, 0.717) is 6.61 Å². The van der Waals surface area contributed by atoms with Crippen molar-refractivity contribution in [3.63, 3.8) is 0 Å². The number of hydrogen-bond acceptors (Lipinski definition) is 8. The van der Waals surface area contributed by atoms with Crippen molar-refractivity contribution in [2.24, 2.45) is 0 Å². The predicted molar refractivity (Wildman–Crippen MR) is 152 cm³/mol. The summed E-state index contributed by atoms with van der Waals surface area (Å²) in [6.45, 7) is 6.47. The SMILES string of the molecule is C[Si](C)(C)CCOCn1nc(C(=O)N2C[C@@H](F)C[C@@H]2c2cc(F)ccc2F)c2c(N[C@@H]3CN(C(=O)O)C[C@H]3O)ncnc21. The van der Waals surface area contributed by atoms with Crippen molar-refractivity contribution in [1.29, 1.82) is 0 Å². The lowest BCUT2D eigenvalue weighted by atomic mass is 10.0. The van der Waals surface area contributed by atoms with Crippen LogP contribution in [-0.4, -0.2) is 104 Å². The summed E-state index contributed by atoms with van der Waals surface area (Å²) in [6, 6.07) is 1.86. The fraction of sp³-hybridized carbons (Fsp3) is 0.519. The molecule has 2 fully saturated rings. The molecule has 3 aromatic rings. The number of aromatic nitrogens is 4. The molecule has 3 N–H and O–H groups in total. The van der Waals surface area contributed by atoms with E-state index in [1.807, 2.05) is 0 Å². The van der Waals surface area contributed by atoms with E-state index in [0.717, 1.165) is 34.0 Å². The predicted octanol–water partition coefficient (Wildman–Crippen LogP) is 3.48. The van der Waals surface area contributed by atoms with Crippen LogP contribution in [0.3, 0.4) is 0 Å². The zero-order chi connectivity index (χ0) is 31.1. The van der Waals surface area contributed by atoms with Crippen LogP contribution in [0.15, 0.2) is 24.5 Å². The van der Waals surface area contributed by atoms with Crippen molar-refractivity contribution in [1.82, 2.24) is 29.5 Å².